The second kappa shape index (κ2) is 11.7. The van der Waals surface area contributed by atoms with Crippen molar-refractivity contribution in [3.63, 3.8) is 0 Å². The Morgan fingerprint density at radius 2 is 1.75 bits per heavy atom. The third-order valence-corrected chi connectivity index (χ3v) is 6.38. The topological polar surface area (TPSA) is 55.8 Å². The van der Waals surface area contributed by atoms with Crippen LogP contribution >= 0.6 is 11.8 Å². The van der Waals surface area contributed by atoms with Crippen LogP contribution in [0.1, 0.15) is 29.2 Å². The first kappa shape index (κ1) is 25.3. The normalized spacial score (nSPS) is 14.4. The van der Waals surface area contributed by atoms with Crippen LogP contribution in [0.25, 0.3) is 6.08 Å². The zero-order chi connectivity index (χ0) is 25.5. The molecular formula is C29H26FNO4S. The summed E-state index contributed by atoms with van der Waals surface area (Å²) in [5.74, 6) is 0.429. The van der Waals surface area contributed by atoms with E-state index in [1.807, 2.05) is 49.4 Å². The smallest absolute Gasteiger partial charge is 0.293 e. The standard InChI is InChI=1S/C29H26FNO4S/c1-3-8-23-15-22(16-25(34-4-2)27(23)35-19-21-9-6-5-7-10-21)17-26-28(32)31(29(33)36-26)18-20-11-13-24(30)14-12-20/h3,5-7,9-17H,1,4,8,18-19H2,2H3/b26-17-. The summed E-state index contributed by atoms with van der Waals surface area (Å²) in [7, 11) is 0. The maximum absolute atomic E-state index is 13.2. The first-order valence-electron chi connectivity index (χ1n) is 11.6. The van der Waals surface area contributed by atoms with Gasteiger partial charge in [-0.2, -0.15) is 0 Å². The third kappa shape index (κ3) is 6.04. The van der Waals surface area contributed by atoms with Crippen molar-refractivity contribution in [1.82, 2.24) is 4.90 Å². The Balaban J connectivity index is 1.61. The maximum Gasteiger partial charge on any atom is 0.293 e. The van der Waals surface area contributed by atoms with Gasteiger partial charge in [0.05, 0.1) is 18.1 Å². The van der Waals surface area contributed by atoms with Crippen molar-refractivity contribution in [2.45, 2.75) is 26.5 Å². The number of carbonyl (C=O) groups is 2. The molecule has 1 aliphatic rings. The van der Waals surface area contributed by atoms with Gasteiger partial charge >= 0.3 is 0 Å². The van der Waals surface area contributed by atoms with Gasteiger partial charge in [0.15, 0.2) is 11.5 Å². The highest BCUT2D eigenvalue weighted by Gasteiger charge is 2.35. The van der Waals surface area contributed by atoms with E-state index in [4.69, 9.17) is 9.47 Å². The number of amides is 2. The van der Waals surface area contributed by atoms with Crippen LogP contribution in [0, 0.1) is 5.82 Å². The molecule has 0 radical (unpaired) electrons. The zero-order valence-electron chi connectivity index (χ0n) is 19.9. The van der Waals surface area contributed by atoms with Gasteiger partial charge in [0.25, 0.3) is 11.1 Å². The van der Waals surface area contributed by atoms with Crippen molar-refractivity contribution in [3.05, 3.63) is 112 Å². The summed E-state index contributed by atoms with van der Waals surface area (Å²) in [5, 5.41) is -0.366. The fourth-order valence-electron chi connectivity index (χ4n) is 3.79. The molecule has 0 spiro atoms. The molecule has 3 aromatic rings. The number of imide groups is 1. The third-order valence-electron chi connectivity index (χ3n) is 5.47. The lowest BCUT2D eigenvalue weighted by molar-refractivity contribution is -0.123. The van der Waals surface area contributed by atoms with Gasteiger partial charge in [-0.05, 0) is 72.1 Å². The summed E-state index contributed by atoms with van der Waals surface area (Å²) in [6.45, 7) is 6.65. The molecule has 1 fully saturated rings. The molecule has 7 heteroatoms. The molecule has 2 amide bonds. The first-order valence-corrected chi connectivity index (χ1v) is 12.4. The maximum atomic E-state index is 13.2. The van der Waals surface area contributed by atoms with Gasteiger partial charge in [0.2, 0.25) is 0 Å². The SMILES string of the molecule is C=CCc1cc(/C=C2\SC(=O)N(Cc3ccc(F)cc3)C2=O)cc(OCC)c1OCc1ccccc1. The van der Waals surface area contributed by atoms with E-state index in [9.17, 15) is 14.0 Å². The van der Waals surface area contributed by atoms with Crippen LogP contribution in [0.3, 0.4) is 0 Å². The Kier molecular flexibility index (Phi) is 8.23. The first-order chi connectivity index (χ1) is 17.5. The summed E-state index contributed by atoms with van der Waals surface area (Å²) >= 11 is 0.881. The predicted octanol–water partition coefficient (Wildman–Crippen LogP) is 6.77. The average Bonchev–Trinajstić information content (AvgIpc) is 3.13. The zero-order valence-corrected chi connectivity index (χ0v) is 20.7. The molecule has 0 bridgehead atoms. The van der Waals surface area contributed by atoms with Gasteiger partial charge in [-0.1, -0.05) is 48.5 Å². The highest BCUT2D eigenvalue weighted by atomic mass is 32.2. The van der Waals surface area contributed by atoms with Gasteiger partial charge in [-0.25, -0.2) is 4.39 Å². The Hall–Kier alpha value is -3.84. The molecule has 36 heavy (non-hydrogen) atoms. The van der Waals surface area contributed by atoms with Crippen molar-refractivity contribution in [3.8, 4) is 11.5 Å². The number of allylic oxidation sites excluding steroid dienone is 1. The quantitative estimate of drug-likeness (QED) is 0.226. The van der Waals surface area contributed by atoms with Crippen molar-refractivity contribution in [1.29, 1.82) is 0 Å². The van der Waals surface area contributed by atoms with Gasteiger partial charge < -0.3 is 9.47 Å². The van der Waals surface area contributed by atoms with Gasteiger partial charge in [0.1, 0.15) is 12.4 Å². The Labute approximate surface area is 214 Å². The summed E-state index contributed by atoms with van der Waals surface area (Å²) in [6, 6.07) is 19.3. The second-order valence-corrected chi connectivity index (χ2v) is 9.09. The largest absolute Gasteiger partial charge is 0.490 e. The fraction of sp³-hybridized carbons (Fsp3) is 0.172. The molecule has 3 aromatic carbocycles. The monoisotopic (exact) mass is 503 g/mol. The van der Waals surface area contributed by atoms with Crippen LogP contribution in [0.5, 0.6) is 11.5 Å². The van der Waals surface area contributed by atoms with E-state index in [-0.39, 0.29) is 23.5 Å². The highest BCUT2D eigenvalue weighted by Crippen LogP contribution is 2.38. The van der Waals surface area contributed by atoms with Gasteiger partial charge in [-0.3, -0.25) is 14.5 Å². The number of rotatable bonds is 10. The van der Waals surface area contributed by atoms with E-state index in [1.165, 1.54) is 12.1 Å². The summed E-state index contributed by atoms with van der Waals surface area (Å²) in [6.07, 6.45) is 4.00. The average molecular weight is 504 g/mol. The molecule has 4 rings (SSSR count). The number of nitrogens with zero attached hydrogens (tertiary/aromatic N) is 1. The summed E-state index contributed by atoms with van der Waals surface area (Å²) < 4.78 is 25.3. The Morgan fingerprint density at radius 1 is 1.00 bits per heavy atom. The van der Waals surface area contributed by atoms with Gasteiger partial charge in [-0.15, -0.1) is 6.58 Å². The number of ether oxygens (including phenoxy) is 2. The van der Waals surface area contributed by atoms with Crippen molar-refractivity contribution in [2.24, 2.45) is 0 Å². The van der Waals surface area contributed by atoms with Crippen LogP contribution in [0.15, 0.2) is 84.3 Å². The van der Waals surface area contributed by atoms with E-state index in [0.29, 0.717) is 41.6 Å². The minimum absolute atomic E-state index is 0.0838. The van der Waals surface area contributed by atoms with Crippen LogP contribution in [-0.4, -0.2) is 22.7 Å². The van der Waals surface area contributed by atoms with E-state index < -0.39 is 0 Å². The van der Waals surface area contributed by atoms with Crippen LogP contribution in [-0.2, 0) is 24.4 Å². The van der Waals surface area contributed by atoms with E-state index >= 15 is 0 Å². The molecule has 1 aliphatic heterocycles. The van der Waals surface area contributed by atoms with Crippen LogP contribution < -0.4 is 9.47 Å². The number of thioether (sulfide) groups is 1. The minimum atomic E-state index is -0.387. The number of hydrogen-bond donors (Lipinski definition) is 0. The lowest BCUT2D eigenvalue weighted by Gasteiger charge is -2.17. The number of benzene rings is 3. The minimum Gasteiger partial charge on any atom is -0.490 e. The van der Waals surface area contributed by atoms with E-state index in [0.717, 1.165) is 33.4 Å². The van der Waals surface area contributed by atoms with Crippen molar-refractivity contribution in [2.75, 3.05) is 6.61 Å². The molecule has 1 heterocycles. The molecule has 1 saturated heterocycles. The predicted molar refractivity (Wildman–Crippen MR) is 140 cm³/mol. The summed E-state index contributed by atoms with van der Waals surface area (Å²) in [4.78, 5) is 27.0. The molecule has 184 valence electrons. The number of halogens is 1. The second-order valence-electron chi connectivity index (χ2n) is 8.10. The molecule has 0 N–H and O–H groups in total. The highest BCUT2D eigenvalue weighted by molar-refractivity contribution is 8.18. The fourth-order valence-corrected chi connectivity index (χ4v) is 4.63. The molecule has 0 aromatic heterocycles. The lowest BCUT2D eigenvalue weighted by Crippen LogP contribution is -2.27. The molecule has 0 saturated carbocycles. The molecule has 0 unspecified atom stereocenters. The molecule has 5 nitrogen and oxygen atoms in total. The molecule has 0 aliphatic carbocycles. The number of hydrogen-bond acceptors (Lipinski definition) is 5. The van der Waals surface area contributed by atoms with E-state index in [1.54, 1.807) is 24.3 Å². The summed E-state index contributed by atoms with van der Waals surface area (Å²) in [5.41, 5.74) is 3.29. The Morgan fingerprint density at radius 3 is 2.44 bits per heavy atom. The van der Waals surface area contributed by atoms with Crippen molar-refractivity contribution >= 4 is 29.0 Å². The lowest BCUT2D eigenvalue weighted by atomic mass is 10.0. The molecular weight excluding hydrogens is 477 g/mol. The van der Waals surface area contributed by atoms with Crippen LogP contribution in [0.2, 0.25) is 0 Å². The van der Waals surface area contributed by atoms with Crippen molar-refractivity contribution < 1.29 is 23.5 Å². The Bertz CT molecular complexity index is 1290. The number of carbonyl (C=O) groups excluding carboxylic acids is 2. The van der Waals surface area contributed by atoms with Crippen LogP contribution in [0.4, 0.5) is 9.18 Å². The molecule has 0 atom stereocenters. The van der Waals surface area contributed by atoms with E-state index in [2.05, 4.69) is 6.58 Å². The van der Waals surface area contributed by atoms with Gasteiger partial charge in [0, 0.05) is 5.56 Å².